The lowest BCUT2D eigenvalue weighted by Crippen LogP contribution is -2.47. The molecule has 5 heteroatoms. The van der Waals surface area contributed by atoms with E-state index in [0.717, 1.165) is 6.92 Å². The molecule has 0 saturated carbocycles. The number of thiol groups is 1. The molecule has 0 amide bonds. The molecule has 82 valence electrons. The number of rotatable bonds is 5. The lowest BCUT2D eigenvalue weighted by Gasteiger charge is -2.22. The minimum Gasteiger partial charge on any atom is -0.452 e. The lowest BCUT2D eigenvalue weighted by atomic mass is 9.90. The highest BCUT2D eigenvalue weighted by Gasteiger charge is 2.41. The van der Waals surface area contributed by atoms with Crippen molar-refractivity contribution in [1.29, 1.82) is 0 Å². The molecule has 0 heterocycles. The van der Waals surface area contributed by atoms with E-state index in [1.807, 2.05) is 6.92 Å². The van der Waals surface area contributed by atoms with Gasteiger partial charge in [-0.1, -0.05) is 13.8 Å². The molecular weight excluding hydrogens is 204 g/mol. The second-order valence-electron chi connectivity index (χ2n) is 3.31. The van der Waals surface area contributed by atoms with Crippen molar-refractivity contribution >= 4 is 24.4 Å². The Hall–Kier alpha value is -0.550. The van der Waals surface area contributed by atoms with Crippen LogP contribution in [0.1, 0.15) is 27.2 Å². The maximum atomic E-state index is 11.5. The molecular formula is C9H16O4S. The van der Waals surface area contributed by atoms with E-state index in [2.05, 4.69) is 17.4 Å². The standard InChI is InChI=1S/C9H16O4S/c1-4-6(2)7(10)9(3,12)8(11)13-5-14/h6,12,14H,4-5H2,1-3H3. The minimum absolute atomic E-state index is 0.150. The average molecular weight is 220 g/mol. The van der Waals surface area contributed by atoms with Gasteiger partial charge in [-0.25, -0.2) is 4.79 Å². The second-order valence-corrected chi connectivity index (χ2v) is 3.56. The van der Waals surface area contributed by atoms with Gasteiger partial charge in [-0.2, -0.15) is 0 Å². The number of hydrogen-bond donors (Lipinski definition) is 2. The van der Waals surface area contributed by atoms with Crippen molar-refractivity contribution in [2.45, 2.75) is 32.8 Å². The Morgan fingerprint density at radius 2 is 2.07 bits per heavy atom. The number of carbonyl (C=O) groups excluding carboxylic acids is 2. The Kier molecular flexibility index (Phi) is 5.15. The van der Waals surface area contributed by atoms with E-state index >= 15 is 0 Å². The highest BCUT2D eigenvalue weighted by Crippen LogP contribution is 2.16. The van der Waals surface area contributed by atoms with Gasteiger partial charge in [-0.05, 0) is 13.3 Å². The van der Waals surface area contributed by atoms with Crippen LogP contribution in [0.5, 0.6) is 0 Å². The minimum atomic E-state index is -2.06. The predicted molar refractivity (Wildman–Crippen MR) is 55.0 cm³/mol. The third kappa shape index (κ3) is 2.99. The van der Waals surface area contributed by atoms with Crippen LogP contribution in [-0.2, 0) is 14.3 Å². The van der Waals surface area contributed by atoms with Gasteiger partial charge in [-0.3, -0.25) is 4.79 Å². The fourth-order valence-corrected chi connectivity index (χ4v) is 1.08. The molecule has 2 unspecified atom stereocenters. The summed E-state index contributed by atoms with van der Waals surface area (Å²) in [5, 5.41) is 9.63. The third-order valence-corrected chi connectivity index (χ3v) is 2.26. The van der Waals surface area contributed by atoms with Crippen molar-refractivity contribution in [2.75, 3.05) is 5.94 Å². The van der Waals surface area contributed by atoms with Crippen LogP contribution < -0.4 is 0 Å². The number of carbonyl (C=O) groups is 2. The summed E-state index contributed by atoms with van der Waals surface area (Å²) in [6.07, 6.45) is 0.573. The fourth-order valence-electron chi connectivity index (χ4n) is 0.965. The van der Waals surface area contributed by atoms with Crippen molar-refractivity contribution in [1.82, 2.24) is 0 Å². The predicted octanol–water partition coefficient (Wildman–Crippen LogP) is 0.783. The quantitative estimate of drug-likeness (QED) is 0.311. The highest BCUT2D eigenvalue weighted by molar-refractivity contribution is 7.80. The molecule has 0 aromatic rings. The van der Waals surface area contributed by atoms with Crippen LogP contribution in [-0.4, -0.2) is 28.4 Å². The Morgan fingerprint density at radius 1 is 1.57 bits per heavy atom. The smallest absolute Gasteiger partial charge is 0.346 e. The molecule has 0 radical (unpaired) electrons. The van der Waals surface area contributed by atoms with E-state index in [1.54, 1.807) is 6.92 Å². The third-order valence-electron chi connectivity index (χ3n) is 2.13. The summed E-state index contributed by atoms with van der Waals surface area (Å²) in [5.74, 6) is -1.98. The molecule has 0 aliphatic rings. The molecule has 0 saturated heterocycles. The summed E-state index contributed by atoms with van der Waals surface area (Å²) in [6.45, 7) is 4.61. The number of ketones is 1. The normalized spacial score (nSPS) is 16.9. The number of hydrogen-bond acceptors (Lipinski definition) is 5. The van der Waals surface area contributed by atoms with Crippen molar-refractivity contribution in [3.63, 3.8) is 0 Å². The first-order valence-corrected chi connectivity index (χ1v) is 5.05. The van der Waals surface area contributed by atoms with Crippen LogP contribution in [0.25, 0.3) is 0 Å². The summed E-state index contributed by atoms with van der Waals surface area (Å²) >= 11 is 3.67. The summed E-state index contributed by atoms with van der Waals surface area (Å²) < 4.78 is 4.48. The number of ether oxygens (including phenoxy) is 1. The van der Waals surface area contributed by atoms with Gasteiger partial charge < -0.3 is 9.84 Å². The van der Waals surface area contributed by atoms with Crippen molar-refractivity contribution < 1.29 is 19.4 Å². The van der Waals surface area contributed by atoms with E-state index in [9.17, 15) is 14.7 Å². The Morgan fingerprint density at radius 3 is 2.43 bits per heavy atom. The van der Waals surface area contributed by atoms with Crippen molar-refractivity contribution in [3.05, 3.63) is 0 Å². The fraction of sp³-hybridized carbons (Fsp3) is 0.778. The molecule has 0 aromatic heterocycles. The van der Waals surface area contributed by atoms with Gasteiger partial charge in [-0.15, -0.1) is 12.6 Å². The van der Waals surface area contributed by atoms with Crippen LogP contribution in [0.3, 0.4) is 0 Å². The van der Waals surface area contributed by atoms with E-state index < -0.39 is 17.4 Å². The highest BCUT2D eigenvalue weighted by atomic mass is 32.1. The van der Waals surface area contributed by atoms with E-state index in [1.165, 1.54) is 0 Å². The SMILES string of the molecule is CCC(C)C(=O)C(C)(O)C(=O)OCS. The van der Waals surface area contributed by atoms with Crippen LogP contribution in [0, 0.1) is 5.92 Å². The van der Waals surface area contributed by atoms with Gasteiger partial charge in [0.25, 0.3) is 0 Å². The largest absolute Gasteiger partial charge is 0.452 e. The molecule has 2 atom stereocenters. The van der Waals surface area contributed by atoms with Crippen molar-refractivity contribution in [2.24, 2.45) is 5.92 Å². The zero-order valence-corrected chi connectivity index (χ0v) is 9.51. The van der Waals surface area contributed by atoms with Gasteiger partial charge in [0.05, 0.1) is 0 Å². The maximum Gasteiger partial charge on any atom is 0.346 e. The Balaban J connectivity index is 4.60. The van der Waals surface area contributed by atoms with E-state index in [4.69, 9.17) is 0 Å². The average Bonchev–Trinajstić information content (AvgIpc) is 2.15. The molecule has 14 heavy (non-hydrogen) atoms. The van der Waals surface area contributed by atoms with Crippen LogP contribution in [0.2, 0.25) is 0 Å². The number of esters is 1. The maximum absolute atomic E-state index is 11.5. The summed E-state index contributed by atoms with van der Waals surface area (Å²) in [4.78, 5) is 22.7. The topological polar surface area (TPSA) is 63.6 Å². The molecule has 0 bridgehead atoms. The molecule has 0 aliphatic heterocycles. The molecule has 0 aliphatic carbocycles. The van der Waals surface area contributed by atoms with Gasteiger partial charge in [0.15, 0.2) is 5.78 Å². The van der Waals surface area contributed by atoms with Gasteiger partial charge in [0.1, 0.15) is 5.94 Å². The Labute approximate surface area is 89.0 Å². The van der Waals surface area contributed by atoms with Gasteiger partial charge in [0, 0.05) is 5.92 Å². The molecule has 0 fully saturated rings. The van der Waals surface area contributed by atoms with E-state index in [-0.39, 0.29) is 11.9 Å². The summed E-state index contributed by atoms with van der Waals surface area (Å²) in [7, 11) is 0. The first kappa shape index (κ1) is 13.4. The molecule has 4 nitrogen and oxygen atoms in total. The second kappa shape index (κ2) is 5.36. The molecule has 0 rings (SSSR count). The van der Waals surface area contributed by atoms with Gasteiger partial charge >= 0.3 is 5.97 Å². The summed E-state index contributed by atoms with van der Waals surface area (Å²) in [6, 6.07) is 0. The molecule has 0 spiro atoms. The van der Waals surface area contributed by atoms with Gasteiger partial charge in [0.2, 0.25) is 5.60 Å². The van der Waals surface area contributed by atoms with Crippen molar-refractivity contribution in [3.8, 4) is 0 Å². The first-order valence-electron chi connectivity index (χ1n) is 4.42. The van der Waals surface area contributed by atoms with Crippen LogP contribution >= 0.6 is 12.6 Å². The van der Waals surface area contributed by atoms with Crippen LogP contribution in [0.15, 0.2) is 0 Å². The van der Waals surface area contributed by atoms with E-state index in [0.29, 0.717) is 6.42 Å². The summed E-state index contributed by atoms with van der Waals surface area (Å²) in [5.41, 5.74) is -2.06. The molecule has 0 aromatic carbocycles. The van der Waals surface area contributed by atoms with Crippen LogP contribution in [0.4, 0.5) is 0 Å². The zero-order chi connectivity index (χ0) is 11.4. The monoisotopic (exact) mass is 220 g/mol. The zero-order valence-electron chi connectivity index (χ0n) is 8.61. The Bertz CT molecular complexity index is 225. The number of Topliss-reactive ketones (excluding diaryl/α,β-unsaturated/α-hetero) is 1. The first-order chi connectivity index (χ1) is 6.37. The lowest BCUT2D eigenvalue weighted by molar-refractivity contribution is -0.168. The molecule has 1 N–H and O–H groups in total. The number of aliphatic hydroxyl groups is 1.